The van der Waals surface area contributed by atoms with Crippen LogP contribution in [0.15, 0.2) is 35.5 Å². The maximum absolute atomic E-state index is 12.8. The van der Waals surface area contributed by atoms with E-state index in [2.05, 4.69) is 15.0 Å². The number of nitrogens with zero attached hydrogens (tertiary/aromatic N) is 2. The number of aryl methyl sites for hydroxylation is 1. The van der Waals surface area contributed by atoms with Crippen molar-refractivity contribution >= 4 is 17.6 Å². The van der Waals surface area contributed by atoms with Crippen molar-refractivity contribution in [2.45, 2.75) is 32.4 Å². The van der Waals surface area contributed by atoms with Crippen LogP contribution in [-0.2, 0) is 16.0 Å². The Bertz CT molecular complexity index is 916. The molecule has 1 atom stereocenters. The molecule has 1 N–H and O–H groups in total. The molecule has 0 bridgehead atoms. The van der Waals surface area contributed by atoms with Gasteiger partial charge in [-0.3, -0.25) is 14.6 Å². The average Bonchev–Trinajstić information content (AvgIpc) is 3.17. The fourth-order valence-electron chi connectivity index (χ4n) is 3.02. The molecule has 3 rings (SSSR count). The zero-order chi connectivity index (χ0) is 19.4. The lowest BCUT2D eigenvalue weighted by Crippen LogP contribution is -2.32. The molecule has 8 nitrogen and oxygen atoms in total. The highest BCUT2D eigenvalue weighted by Gasteiger charge is 2.20. The second kappa shape index (κ2) is 8.13. The molecule has 0 aromatic carbocycles. The number of amides is 1. The first-order valence-electron chi connectivity index (χ1n) is 8.66. The van der Waals surface area contributed by atoms with E-state index in [0.29, 0.717) is 24.4 Å². The van der Waals surface area contributed by atoms with Gasteiger partial charge in [-0.2, -0.15) is 0 Å². The van der Waals surface area contributed by atoms with Gasteiger partial charge < -0.3 is 19.4 Å². The van der Waals surface area contributed by atoms with Crippen molar-refractivity contribution in [2.24, 2.45) is 0 Å². The van der Waals surface area contributed by atoms with Crippen LogP contribution in [0, 0.1) is 6.92 Å². The van der Waals surface area contributed by atoms with Crippen LogP contribution in [0.4, 0.5) is 5.69 Å². The third-order valence-corrected chi connectivity index (χ3v) is 4.44. The van der Waals surface area contributed by atoms with Crippen molar-refractivity contribution in [1.82, 2.24) is 9.55 Å². The summed E-state index contributed by atoms with van der Waals surface area (Å²) < 4.78 is 11.7. The summed E-state index contributed by atoms with van der Waals surface area (Å²) in [6, 6.07) is 3.17. The molecular weight excluding hydrogens is 350 g/mol. The number of rotatable bonds is 5. The Morgan fingerprint density at radius 3 is 2.93 bits per heavy atom. The largest absolute Gasteiger partial charge is 0.465 e. The Morgan fingerprint density at radius 1 is 1.41 bits per heavy atom. The summed E-state index contributed by atoms with van der Waals surface area (Å²) in [4.78, 5) is 41.0. The molecule has 0 spiro atoms. The van der Waals surface area contributed by atoms with Crippen molar-refractivity contribution in [3.63, 3.8) is 0 Å². The van der Waals surface area contributed by atoms with Crippen molar-refractivity contribution in [3.05, 3.63) is 57.8 Å². The molecule has 0 aliphatic carbocycles. The Morgan fingerprint density at radius 2 is 2.22 bits per heavy atom. The quantitative estimate of drug-likeness (QED) is 0.804. The SMILES string of the molecule is COC(=O)c1cncc(NC(=O)c2c(C)ccn(CC3CCCO3)c2=O)c1. The molecule has 27 heavy (non-hydrogen) atoms. The van der Waals surface area contributed by atoms with Crippen LogP contribution in [-0.4, -0.2) is 41.2 Å². The lowest BCUT2D eigenvalue weighted by atomic mass is 10.1. The minimum absolute atomic E-state index is 0.0118. The van der Waals surface area contributed by atoms with Crippen LogP contribution in [0.1, 0.15) is 39.1 Å². The Labute approximate surface area is 156 Å². The third-order valence-electron chi connectivity index (χ3n) is 4.44. The number of anilines is 1. The minimum Gasteiger partial charge on any atom is -0.465 e. The van der Waals surface area contributed by atoms with E-state index in [4.69, 9.17) is 4.74 Å². The number of hydrogen-bond acceptors (Lipinski definition) is 6. The van der Waals surface area contributed by atoms with Crippen LogP contribution in [0.2, 0.25) is 0 Å². The molecular formula is C19H21N3O5. The Balaban J connectivity index is 1.84. The van der Waals surface area contributed by atoms with Crippen LogP contribution in [0.5, 0.6) is 0 Å². The number of esters is 1. The van der Waals surface area contributed by atoms with Gasteiger partial charge in [0.05, 0.1) is 37.2 Å². The van der Waals surface area contributed by atoms with Crippen LogP contribution < -0.4 is 10.9 Å². The number of carbonyl (C=O) groups excluding carboxylic acids is 2. The van der Waals surface area contributed by atoms with Crippen LogP contribution in [0.3, 0.4) is 0 Å². The summed E-state index contributed by atoms with van der Waals surface area (Å²) in [6.45, 7) is 2.82. The number of carbonyl (C=O) groups is 2. The van der Waals surface area contributed by atoms with E-state index >= 15 is 0 Å². The second-order valence-electron chi connectivity index (χ2n) is 6.37. The first-order chi connectivity index (χ1) is 13.0. The molecule has 2 aromatic rings. The fourth-order valence-corrected chi connectivity index (χ4v) is 3.02. The number of nitrogens with one attached hydrogen (secondary N) is 1. The summed E-state index contributed by atoms with van der Waals surface area (Å²) in [6.07, 6.45) is 6.27. The van der Waals surface area contributed by atoms with Gasteiger partial charge in [0, 0.05) is 19.0 Å². The highest BCUT2D eigenvalue weighted by molar-refractivity contribution is 6.05. The molecule has 142 valence electrons. The standard InChI is InChI=1S/C19H21N3O5/c1-12-5-6-22(11-15-4-3-7-27-15)18(24)16(12)17(23)21-14-8-13(9-20-10-14)19(25)26-2/h5-6,8-10,15H,3-4,7,11H2,1-2H3,(H,21,23). The highest BCUT2D eigenvalue weighted by Crippen LogP contribution is 2.15. The predicted octanol–water partition coefficient (Wildman–Crippen LogP) is 1.77. The maximum Gasteiger partial charge on any atom is 0.339 e. The normalized spacial score (nSPS) is 16.1. The summed E-state index contributed by atoms with van der Waals surface area (Å²) in [7, 11) is 1.26. The first-order valence-corrected chi connectivity index (χ1v) is 8.66. The van der Waals surface area contributed by atoms with Gasteiger partial charge in [-0.25, -0.2) is 4.79 Å². The average molecular weight is 371 g/mol. The molecule has 1 unspecified atom stereocenters. The van der Waals surface area contributed by atoms with Crippen molar-refractivity contribution in [1.29, 1.82) is 0 Å². The Kier molecular flexibility index (Phi) is 5.66. The molecule has 8 heteroatoms. The zero-order valence-electron chi connectivity index (χ0n) is 15.2. The summed E-state index contributed by atoms with van der Waals surface area (Å²) >= 11 is 0. The molecule has 1 amide bonds. The van der Waals surface area contributed by atoms with Gasteiger partial charge in [-0.15, -0.1) is 0 Å². The monoisotopic (exact) mass is 371 g/mol. The van der Waals surface area contributed by atoms with E-state index < -0.39 is 11.9 Å². The summed E-state index contributed by atoms with van der Waals surface area (Å²) in [5.41, 5.74) is 0.754. The summed E-state index contributed by atoms with van der Waals surface area (Å²) in [5.74, 6) is -1.11. The molecule has 3 heterocycles. The van der Waals surface area contributed by atoms with E-state index in [1.54, 1.807) is 19.2 Å². The fraction of sp³-hybridized carbons (Fsp3) is 0.368. The van der Waals surface area contributed by atoms with Crippen LogP contribution >= 0.6 is 0 Å². The molecule has 0 radical (unpaired) electrons. The first kappa shape index (κ1) is 18.8. The number of ether oxygens (including phenoxy) is 2. The van der Waals surface area contributed by atoms with Gasteiger partial charge in [0.2, 0.25) is 0 Å². The number of hydrogen-bond donors (Lipinski definition) is 1. The smallest absolute Gasteiger partial charge is 0.339 e. The van der Waals surface area contributed by atoms with Gasteiger partial charge in [0.25, 0.3) is 11.5 Å². The van der Waals surface area contributed by atoms with Gasteiger partial charge in [-0.1, -0.05) is 0 Å². The van der Waals surface area contributed by atoms with Crippen LogP contribution in [0.25, 0.3) is 0 Å². The molecule has 2 aromatic heterocycles. The predicted molar refractivity (Wildman–Crippen MR) is 97.9 cm³/mol. The van der Waals surface area contributed by atoms with E-state index in [0.717, 1.165) is 12.8 Å². The lowest BCUT2D eigenvalue weighted by Gasteiger charge is -2.14. The number of methoxy groups -OCH3 is 1. The topological polar surface area (TPSA) is 99.5 Å². The second-order valence-corrected chi connectivity index (χ2v) is 6.37. The number of pyridine rings is 2. The molecule has 0 saturated carbocycles. The molecule has 1 fully saturated rings. The van der Waals surface area contributed by atoms with E-state index in [1.807, 2.05) is 0 Å². The lowest BCUT2D eigenvalue weighted by molar-refractivity contribution is 0.0600. The summed E-state index contributed by atoms with van der Waals surface area (Å²) in [5, 5.41) is 2.63. The minimum atomic E-state index is -0.562. The zero-order valence-corrected chi connectivity index (χ0v) is 15.2. The third kappa shape index (κ3) is 4.22. The maximum atomic E-state index is 12.8. The van der Waals surface area contributed by atoms with E-state index in [1.165, 1.54) is 30.1 Å². The Hall–Kier alpha value is -3.00. The van der Waals surface area contributed by atoms with E-state index in [9.17, 15) is 14.4 Å². The van der Waals surface area contributed by atoms with Crippen molar-refractivity contribution in [3.8, 4) is 0 Å². The van der Waals surface area contributed by atoms with Crippen molar-refractivity contribution < 1.29 is 19.1 Å². The molecule has 1 saturated heterocycles. The molecule has 1 aliphatic rings. The van der Waals surface area contributed by atoms with Gasteiger partial charge in [0.1, 0.15) is 5.56 Å². The van der Waals surface area contributed by atoms with E-state index in [-0.39, 0.29) is 22.8 Å². The van der Waals surface area contributed by atoms with Crippen molar-refractivity contribution in [2.75, 3.05) is 19.0 Å². The molecule has 1 aliphatic heterocycles. The van der Waals surface area contributed by atoms with Gasteiger partial charge in [0.15, 0.2) is 0 Å². The number of aromatic nitrogens is 2. The highest BCUT2D eigenvalue weighted by atomic mass is 16.5. The van der Waals surface area contributed by atoms with Gasteiger partial charge >= 0.3 is 5.97 Å². The van der Waals surface area contributed by atoms with Gasteiger partial charge in [-0.05, 0) is 37.5 Å².